The van der Waals surface area contributed by atoms with Crippen LogP contribution in [0.25, 0.3) is 11.4 Å². The van der Waals surface area contributed by atoms with Crippen molar-refractivity contribution >= 4 is 6.03 Å². The van der Waals surface area contributed by atoms with Gasteiger partial charge in [-0.05, 0) is 61.2 Å². The summed E-state index contributed by atoms with van der Waals surface area (Å²) in [5.41, 5.74) is 1.15. The first kappa shape index (κ1) is 26.0. The SMILES string of the molecule is O=C(N1CCC(O)CC1)N1CC(c2cccc(OC(F)(F)F)c2)CC(c2nc(-c3ccc(F)cc3)no2)C1. The molecule has 0 bridgehead atoms. The molecule has 2 unspecified atom stereocenters. The number of aromatic nitrogens is 2. The summed E-state index contributed by atoms with van der Waals surface area (Å²) in [6.45, 7) is 1.38. The summed E-state index contributed by atoms with van der Waals surface area (Å²) >= 11 is 0. The van der Waals surface area contributed by atoms with Gasteiger partial charge in [0, 0.05) is 37.7 Å². The van der Waals surface area contributed by atoms with Crippen molar-refractivity contribution in [3.8, 4) is 17.1 Å². The van der Waals surface area contributed by atoms with Crippen LogP contribution in [0.5, 0.6) is 5.75 Å². The number of hydrogen-bond acceptors (Lipinski definition) is 6. The zero-order valence-electron chi connectivity index (χ0n) is 20.3. The Hall–Kier alpha value is -3.67. The first-order valence-electron chi connectivity index (χ1n) is 12.3. The topological polar surface area (TPSA) is 91.9 Å². The number of nitrogens with zero attached hydrogens (tertiary/aromatic N) is 4. The van der Waals surface area contributed by atoms with E-state index in [0.717, 1.165) is 0 Å². The number of alkyl halides is 3. The van der Waals surface area contributed by atoms with Gasteiger partial charge in [-0.2, -0.15) is 4.98 Å². The first-order valence-corrected chi connectivity index (χ1v) is 12.3. The molecule has 38 heavy (non-hydrogen) atoms. The summed E-state index contributed by atoms with van der Waals surface area (Å²) in [7, 11) is 0. The van der Waals surface area contributed by atoms with Crippen LogP contribution in [-0.4, -0.2) is 69.7 Å². The molecule has 0 saturated carbocycles. The third-order valence-corrected chi connectivity index (χ3v) is 6.91. The molecule has 2 amide bonds. The standard InChI is InChI=1S/C26H26F4N4O4/c27-20-6-4-16(5-7-20)23-31-24(38-32-23)19-12-18(17-2-1-3-22(13-17)37-26(28,29)30)14-34(15-19)25(36)33-10-8-21(35)9-11-33/h1-7,13,18-19,21,35H,8-12,14-15H2. The molecule has 2 fully saturated rings. The van der Waals surface area contributed by atoms with E-state index in [1.807, 2.05) is 0 Å². The summed E-state index contributed by atoms with van der Waals surface area (Å²) in [4.78, 5) is 21.2. The summed E-state index contributed by atoms with van der Waals surface area (Å²) in [6.07, 6.45) is -3.86. The number of piperidine rings is 2. The van der Waals surface area contributed by atoms with Crippen molar-refractivity contribution in [1.29, 1.82) is 0 Å². The van der Waals surface area contributed by atoms with Gasteiger partial charge in [0.1, 0.15) is 11.6 Å². The predicted octanol–water partition coefficient (Wildman–Crippen LogP) is 4.92. The van der Waals surface area contributed by atoms with Crippen molar-refractivity contribution in [2.45, 2.75) is 43.6 Å². The second kappa shape index (κ2) is 10.6. The van der Waals surface area contributed by atoms with Gasteiger partial charge in [-0.25, -0.2) is 9.18 Å². The van der Waals surface area contributed by atoms with Crippen LogP contribution in [0.2, 0.25) is 0 Å². The minimum Gasteiger partial charge on any atom is -0.406 e. The molecule has 1 aromatic heterocycles. The average Bonchev–Trinajstić information content (AvgIpc) is 3.39. The number of aliphatic hydroxyl groups is 1. The lowest BCUT2D eigenvalue weighted by Gasteiger charge is -2.40. The Bertz CT molecular complexity index is 1260. The van der Waals surface area contributed by atoms with Crippen molar-refractivity contribution in [3.63, 3.8) is 0 Å². The van der Waals surface area contributed by atoms with Gasteiger partial charge in [0.05, 0.1) is 12.0 Å². The average molecular weight is 535 g/mol. The van der Waals surface area contributed by atoms with Crippen LogP contribution >= 0.6 is 0 Å². The van der Waals surface area contributed by atoms with Crippen molar-refractivity contribution < 1.29 is 36.7 Å². The number of rotatable bonds is 4. The van der Waals surface area contributed by atoms with E-state index in [2.05, 4.69) is 14.9 Å². The molecule has 1 N–H and O–H groups in total. The molecule has 2 aliphatic heterocycles. The summed E-state index contributed by atoms with van der Waals surface area (Å²) in [6, 6.07) is 11.2. The van der Waals surface area contributed by atoms with Gasteiger partial charge in [-0.15, -0.1) is 13.2 Å². The van der Waals surface area contributed by atoms with Gasteiger partial charge >= 0.3 is 12.4 Å². The molecule has 12 heteroatoms. The number of carbonyl (C=O) groups excluding carboxylic acids is 1. The number of ether oxygens (including phenoxy) is 1. The molecular weight excluding hydrogens is 508 g/mol. The van der Waals surface area contributed by atoms with Crippen LogP contribution in [0, 0.1) is 5.82 Å². The van der Waals surface area contributed by atoms with Crippen molar-refractivity contribution in [2.75, 3.05) is 26.2 Å². The van der Waals surface area contributed by atoms with Crippen LogP contribution in [0.4, 0.5) is 22.4 Å². The minimum absolute atomic E-state index is 0.215. The molecule has 8 nitrogen and oxygen atoms in total. The Morgan fingerprint density at radius 3 is 2.45 bits per heavy atom. The number of benzene rings is 2. The Labute approximate surface area is 215 Å². The Morgan fingerprint density at radius 2 is 1.74 bits per heavy atom. The van der Waals surface area contributed by atoms with Crippen LogP contribution < -0.4 is 4.74 Å². The number of urea groups is 1. The molecule has 0 spiro atoms. The highest BCUT2D eigenvalue weighted by Crippen LogP contribution is 2.38. The van der Waals surface area contributed by atoms with E-state index in [0.29, 0.717) is 43.5 Å². The van der Waals surface area contributed by atoms with E-state index in [1.54, 1.807) is 15.9 Å². The molecule has 2 aliphatic rings. The fourth-order valence-corrected chi connectivity index (χ4v) is 5.02. The lowest BCUT2D eigenvalue weighted by atomic mass is 9.84. The summed E-state index contributed by atoms with van der Waals surface area (Å²) in [5, 5.41) is 13.8. The van der Waals surface area contributed by atoms with E-state index in [1.165, 1.54) is 42.5 Å². The zero-order valence-corrected chi connectivity index (χ0v) is 20.3. The fourth-order valence-electron chi connectivity index (χ4n) is 5.02. The molecule has 2 atom stereocenters. The second-order valence-corrected chi connectivity index (χ2v) is 9.62. The smallest absolute Gasteiger partial charge is 0.406 e. The van der Waals surface area contributed by atoms with Crippen molar-refractivity contribution in [3.05, 3.63) is 65.8 Å². The van der Waals surface area contributed by atoms with Crippen LogP contribution in [0.1, 0.15) is 42.6 Å². The normalized spacial score (nSPS) is 21.0. The third kappa shape index (κ3) is 6.07. The third-order valence-electron chi connectivity index (χ3n) is 6.91. The molecule has 0 aliphatic carbocycles. The molecular formula is C26H26F4N4O4. The molecule has 5 rings (SSSR count). The highest BCUT2D eigenvalue weighted by molar-refractivity contribution is 5.75. The fraction of sp³-hybridized carbons (Fsp3) is 0.423. The first-order chi connectivity index (χ1) is 18.1. The molecule has 3 aromatic rings. The zero-order chi connectivity index (χ0) is 26.9. The van der Waals surface area contributed by atoms with E-state index < -0.39 is 18.3 Å². The quantitative estimate of drug-likeness (QED) is 0.478. The molecule has 0 radical (unpaired) electrons. The van der Waals surface area contributed by atoms with E-state index in [4.69, 9.17) is 4.52 Å². The monoisotopic (exact) mass is 534 g/mol. The lowest BCUT2D eigenvalue weighted by molar-refractivity contribution is -0.274. The number of amides is 2. The highest BCUT2D eigenvalue weighted by Gasteiger charge is 2.37. The molecule has 3 heterocycles. The van der Waals surface area contributed by atoms with Crippen LogP contribution in [0.15, 0.2) is 53.1 Å². The summed E-state index contributed by atoms with van der Waals surface area (Å²) < 4.78 is 61.4. The van der Waals surface area contributed by atoms with Gasteiger partial charge in [0.2, 0.25) is 11.7 Å². The summed E-state index contributed by atoms with van der Waals surface area (Å²) in [5.74, 6) is -0.901. The Kier molecular flexibility index (Phi) is 7.24. The van der Waals surface area contributed by atoms with Crippen LogP contribution in [0.3, 0.4) is 0 Å². The van der Waals surface area contributed by atoms with E-state index in [9.17, 15) is 27.5 Å². The Balaban J connectivity index is 1.41. The minimum atomic E-state index is -4.82. The number of carbonyl (C=O) groups is 1. The maximum absolute atomic E-state index is 13.4. The maximum atomic E-state index is 13.4. The van der Waals surface area contributed by atoms with Gasteiger partial charge < -0.3 is 24.2 Å². The van der Waals surface area contributed by atoms with Crippen LogP contribution in [-0.2, 0) is 0 Å². The lowest BCUT2D eigenvalue weighted by Crippen LogP contribution is -2.51. The van der Waals surface area contributed by atoms with Gasteiger partial charge in [0.25, 0.3) is 0 Å². The number of hydrogen-bond donors (Lipinski definition) is 1. The predicted molar refractivity (Wildman–Crippen MR) is 127 cm³/mol. The van der Waals surface area contributed by atoms with E-state index >= 15 is 0 Å². The maximum Gasteiger partial charge on any atom is 0.573 e. The number of likely N-dealkylation sites (tertiary alicyclic amines) is 2. The van der Waals surface area contributed by atoms with Gasteiger partial charge in [-0.1, -0.05) is 17.3 Å². The molecule has 202 valence electrons. The second-order valence-electron chi connectivity index (χ2n) is 9.62. The van der Waals surface area contributed by atoms with Gasteiger partial charge in [-0.3, -0.25) is 0 Å². The van der Waals surface area contributed by atoms with Crippen molar-refractivity contribution in [2.24, 2.45) is 0 Å². The van der Waals surface area contributed by atoms with E-state index in [-0.39, 0.29) is 48.4 Å². The van der Waals surface area contributed by atoms with Gasteiger partial charge in [0.15, 0.2) is 0 Å². The number of aliphatic hydroxyl groups excluding tert-OH is 1. The number of halogens is 4. The Morgan fingerprint density at radius 1 is 1.03 bits per heavy atom. The van der Waals surface area contributed by atoms with Crippen molar-refractivity contribution in [1.82, 2.24) is 19.9 Å². The largest absolute Gasteiger partial charge is 0.573 e. The molecule has 2 aromatic carbocycles. The highest BCUT2D eigenvalue weighted by atomic mass is 19.4. The molecule has 2 saturated heterocycles.